The number of nitrogen functional groups attached to an aromatic ring is 1. The van der Waals surface area contributed by atoms with Gasteiger partial charge in [0, 0.05) is 6.54 Å². The normalized spacial score (nSPS) is 17.5. The zero-order chi connectivity index (χ0) is 14.1. The molecular formula is C16H17FN2O. The van der Waals surface area contributed by atoms with E-state index in [9.17, 15) is 4.39 Å². The lowest BCUT2D eigenvalue weighted by Crippen LogP contribution is -2.38. The number of nitrogens with two attached hydrogens (primary N) is 1. The zero-order valence-corrected chi connectivity index (χ0v) is 11.3. The molecule has 1 atom stereocenters. The number of ether oxygens (including phenoxy) is 1. The first-order chi connectivity index (χ1) is 9.63. The molecule has 0 saturated carbocycles. The van der Waals surface area contributed by atoms with Crippen molar-refractivity contribution >= 4 is 11.4 Å². The molecule has 3 rings (SSSR count). The van der Waals surface area contributed by atoms with Gasteiger partial charge in [-0.25, -0.2) is 4.39 Å². The molecule has 104 valence electrons. The fourth-order valence-electron chi connectivity index (χ4n) is 2.58. The summed E-state index contributed by atoms with van der Waals surface area (Å²) < 4.78 is 18.8. The van der Waals surface area contributed by atoms with Gasteiger partial charge >= 0.3 is 0 Å². The van der Waals surface area contributed by atoms with Gasteiger partial charge in [0.05, 0.1) is 12.2 Å². The van der Waals surface area contributed by atoms with Crippen LogP contribution in [0.15, 0.2) is 42.5 Å². The van der Waals surface area contributed by atoms with Gasteiger partial charge in [0.25, 0.3) is 0 Å². The highest BCUT2D eigenvalue weighted by Crippen LogP contribution is 2.38. The van der Waals surface area contributed by atoms with E-state index >= 15 is 0 Å². The first-order valence-electron chi connectivity index (χ1n) is 6.68. The molecule has 0 aliphatic carbocycles. The molecule has 0 aromatic heterocycles. The molecule has 3 nitrogen and oxygen atoms in total. The van der Waals surface area contributed by atoms with Gasteiger partial charge in [-0.1, -0.05) is 18.2 Å². The summed E-state index contributed by atoms with van der Waals surface area (Å²) in [6.07, 6.45) is 0.102. The Hall–Kier alpha value is -2.23. The summed E-state index contributed by atoms with van der Waals surface area (Å²) in [6, 6.07) is 12.3. The fourth-order valence-corrected chi connectivity index (χ4v) is 2.58. The molecule has 2 aromatic rings. The molecule has 4 heteroatoms. The second kappa shape index (κ2) is 5.04. The van der Waals surface area contributed by atoms with E-state index in [1.165, 1.54) is 12.1 Å². The summed E-state index contributed by atoms with van der Waals surface area (Å²) in [6.45, 7) is 3.48. The third-order valence-electron chi connectivity index (χ3n) is 3.44. The van der Waals surface area contributed by atoms with Gasteiger partial charge in [-0.3, -0.25) is 0 Å². The maximum Gasteiger partial charge on any atom is 0.145 e. The molecule has 1 heterocycles. The zero-order valence-electron chi connectivity index (χ0n) is 11.3. The van der Waals surface area contributed by atoms with Crippen molar-refractivity contribution in [3.8, 4) is 5.75 Å². The predicted molar refractivity (Wildman–Crippen MR) is 78.4 cm³/mol. The Balaban J connectivity index is 1.92. The number of fused-ring (bicyclic) bond motifs is 1. The van der Waals surface area contributed by atoms with Crippen molar-refractivity contribution in [2.45, 2.75) is 19.6 Å². The number of rotatable bonds is 2. The maximum atomic E-state index is 13.0. The molecule has 2 aromatic carbocycles. The lowest BCUT2D eigenvalue weighted by Gasteiger charge is -2.35. The topological polar surface area (TPSA) is 38.5 Å². The number of anilines is 2. The van der Waals surface area contributed by atoms with Gasteiger partial charge in [0.2, 0.25) is 0 Å². The third-order valence-corrected chi connectivity index (χ3v) is 3.44. The van der Waals surface area contributed by atoms with Gasteiger partial charge in [0.1, 0.15) is 23.4 Å². The standard InChI is InChI=1S/C16H17FN2O/c1-11-9-19(10-12-5-7-13(17)8-6-12)16-14(18)3-2-4-15(16)20-11/h2-8,11H,9-10,18H2,1H3. The number of hydrogen-bond donors (Lipinski definition) is 1. The molecule has 1 aliphatic rings. The van der Waals surface area contributed by atoms with Crippen molar-refractivity contribution in [1.29, 1.82) is 0 Å². The highest BCUT2D eigenvalue weighted by Gasteiger charge is 2.24. The van der Waals surface area contributed by atoms with Gasteiger partial charge in [0.15, 0.2) is 0 Å². The van der Waals surface area contributed by atoms with Crippen molar-refractivity contribution < 1.29 is 9.13 Å². The Labute approximate surface area is 117 Å². The van der Waals surface area contributed by atoms with E-state index in [1.807, 2.05) is 25.1 Å². The first kappa shape index (κ1) is 12.8. The predicted octanol–water partition coefficient (Wildman–Crippen LogP) is 3.20. The average molecular weight is 272 g/mol. The monoisotopic (exact) mass is 272 g/mol. The Kier molecular flexibility index (Phi) is 3.22. The van der Waals surface area contributed by atoms with Crippen LogP contribution in [0.3, 0.4) is 0 Å². The highest BCUT2D eigenvalue weighted by molar-refractivity contribution is 5.75. The molecule has 2 N–H and O–H groups in total. The summed E-state index contributed by atoms with van der Waals surface area (Å²) in [5.41, 5.74) is 8.75. The smallest absolute Gasteiger partial charge is 0.145 e. The highest BCUT2D eigenvalue weighted by atomic mass is 19.1. The molecule has 0 spiro atoms. The molecular weight excluding hydrogens is 255 g/mol. The van der Waals surface area contributed by atoms with Gasteiger partial charge in [-0.2, -0.15) is 0 Å². The van der Waals surface area contributed by atoms with Crippen molar-refractivity contribution in [3.63, 3.8) is 0 Å². The Morgan fingerprint density at radius 2 is 2.00 bits per heavy atom. The van der Waals surface area contributed by atoms with Gasteiger partial charge in [-0.15, -0.1) is 0 Å². The molecule has 0 amide bonds. The number of hydrogen-bond acceptors (Lipinski definition) is 3. The second-order valence-corrected chi connectivity index (χ2v) is 5.13. The lowest BCUT2D eigenvalue weighted by molar-refractivity contribution is 0.212. The summed E-state index contributed by atoms with van der Waals surface area (Å²) >= 11 is 0. The van der Waals surface area contributed by atoms with Crippen LogP contribution in [-0.2, 0) is 6.54 Å². The van der Waals surface area contributed by atoms with E-state index in [4.69, 9.17) is 10.5 Å². The minimum Gasteiger partial charge on any atom is -0.487 e. The number of nitrogens with zero attached hydrogens (tertiary/aromatic N) is 1. The SMILES string of the molecule is CC1CN(Cc2ccc(F)cc2)c2c(N)cccc2O1. The molecule has 20 heavy (non-hydrogen) atoms. The van der Waals surface area contributed by atoms with Gasteiger partial charge in [-0.05, 0) is 36.8 Å². The van der Waals surface area contributed by atoms with Crippen LogP contribution in [-0.4, -0.2) is 12.6 Å². The van der Waals surface area contributed by atoms with Crippen molar-refractivity contribution in [2.24, 2.45) is 0 Å². The quantitative estimate of drug-likeness (QED) is 0.853. The largest absolute Gasteiger partial charge is 0.487 e. The molecule has 0 fully saturated rings. The molecule has 0 radical (unpaired) electrons. The van der Waals surface area contributed by atoms with Crippen LogP contribution in [0.4, 0.5) is 15.8 Å². The molecule has 1 aliphatic heterocycles. The van der Waals surface area contributed by atoms with Crippen LogP contribution in [0.5, 0.6) is 5.75 Å². The fraction of sp³-hybridized carbons (Fsp3) is 0.250. The summed E-state index contributed by atoms with van der Waals surface area (Å²) in [5, 5.41) is 0. The van der Waals surface area contributed by atoms with Crippen LogP contribution in [0.25, 0.3) is 0 Å². The van der Waals surface area contributed by atoms with Gasteiger partial charge < -0.3 is 15.4 Å². The summed E-state index contributed by atoms with van der Waals surface area (Å²) in [5.74, 6) is 0.592. The minimum atomic E-state index is -0.219. The second-order valence-electron chi connectivity index (χ2n) is 5.13. The van der Waals surface area contributed by atoms with E-state index in [0.29, 0.717) is 12.2 Å². The van der Waals surface area contributed by atoms with Crippen molar-refractivity contribution in [2.75, 3.05) is 17.2 Å². The summed E-state index contributed by atoms with van der Waals surface area (Å²) in [4.78, 5) is 2.19. The number of para-hydroxylation sites is 1. The summed E-state index contributed by atoms with van der Waals surface area (Å²) in [7, 11) is 0. The van der Waals surface area contributed by atoms with Crippen LogP contribution >= 0.6 is 0 Å². The van der Waals surface area contributed by atoms with Crippen LogP contribution in [0.2, 0.25) is 0 Å². The minimum absolute atomic E-state index is 0.102. The Morgan fingerprint density at radius 3 is 2.75 bits per heavy atom. The van der Waals surface area contributed by atoms with Crippen LogP contribution < -0.4 is 15.4 Å². The van der Waals surface area contributed by atoms with Crippen molar-refractivity contribution in [1.82, 2.24) is 0 Å². The van der Waals surface area contributed by atoms with E-state index in [1.54, 1.807) is 12.1 Å². The molecule has 1 unspecified atom stereocenters. The lowest BCUT2D eigenvalue weighted by atomic mass is 10.1. The Morgan fingerprint density at radius 1 is 1.25 bits per heavy atom. The Bertz CT molecular complexity index is 612. The van der Waals surface area contributed by atoms with Crippen LogP contribution in [0, 0.1) is 5.82 Å². The van der Waals surface area contributed by atoms with E-state index < -0.39 is 0 Å². The average Bonchev–Trinajstić information content (AvgIpc) is 2.41. The van der Waals surface area contributed by atoms with Crippen molar-refractivity contribution in [3.05, 3.63) is 53.8 Å². The first-order valence-corrected chi connectivity index (χ1v) is 6.68. The number of halogens is 1. The molecule has 0 bridgehead atoms. The number of benzene rings is 2. The molecule has 0 saturated heterocycles. The van der Waals surface area contributed by atoms with Crippen LogP contribution in [0.1, 0.15) is 12.5 Å². The van der Waals surface area contributed by atoms with E-state index in [0.717, 1.165) is 23.5 Å². The van der Waals surface area contributed by atoms with E-state index in [2.05, 4.69) is 4.90 Å². The maximum absolute atomic E-state index is 13.0. The third kappa shape index (κ3) is 2.41. The van der Waals surface area contributed by atoms with E-state index in [-0.39, 0.29) is 11.9 Å².